The van der Waals surface area contributed by atoms with Crippen molar-refractivity contribution in [3.05, 3.63) is 18.0 Å². The Morgan fingerprint density at radius 3 is 2.63 bits per heavy atom. The summed E-state index contributed by atoms with van der Waals surface area (Å²) in [6.45, 7) is 8.27. The molecule has 0 radical (unpaired) electrons. The van der Waals surface area contributed by atoms with Crippen LogP contribution in [0.15, 0.2) is 12.4 Å². The first-order valence-electron chi connectivity index (χ1n) is 7.08. The van der Waals surface area contributed by atoms with E-state index in [1.807, 2.05) is 11.8 Å². The van der Waals surface area contributed by atoms with E-state index in [1.54, 1.807) is 17.1 Å². The third kappa shape index (κ3) is 4.35. The van der Waals surface area contributed by atoms with Crippen molar-refractivity contribution in [1.29, 1.82) is 0 Å². The standard InChI is InChI=1S/C14H25N3O2/c1-4-12(5-2)10-16(6-3)14(19)13-9-15-17(11-13)7-8-18/h9,11-12,18H,4-8,10H2,1-3H3. The lowest BCUT2D eigenvalue weighted by molar-refractivity contribution is 0.0734. The zero-order chi connectivity index (χ0) is 14.3. The van der Waals surface area contributed by atoms with Gasteiger partial charge in [-0.1, -0.05) is 26.7 Å². The number of carbonyl (C=O) groups excluding carboxylic acids is 1. The zero-order valence-corrected chi connectivity index (χ0v) is 12.2. The minimum absolute atomic E-state index is 0.0265. The quantitative estimate of drug-likeness (QED) is 0.781. The van der Waals surface area contributed by atoms with Crippen molar-refractivity contribution in [2.45, 2.75) is 40.2 Å². The Bertz CT molecular complexity index is 386. The molecule has 0 unspecified atom stereocenters. The Morgan fingerprint density at radius 2 is 2.11 bits per heavy atom. The highest BCUT2D eigenvalue weighted by Crippen LogP contribution is 2.12. The van der Waals surface area contributed by atoms with Crippen LogP contribution in [-0.4, -0.2) is 45.4 Å². The van der Waals surface area contributed by atoms with Crippen LogP contribution in [0.1, 0.15) is 44.0 Å². The first-order chi connectivity index (χ1) is 9.15. The van der Waals surface area contributed by atoms with E-state index in [-0.39, 0.29) is 12.5 Å². The summed E-state index contributed by atoms with van der Waals surface area (Å²) in [6.07, 6.45) is 5.45. The van der Waals surface area contributed by atoms with Gasteiger partial charge in [-0.05, 0) is 12.8 Å². The molecule has 5 heteroatoms. The lowest BCUT2D eigenvalue weighted by Crippen LogP contribution is -2.34. The van der Waals surface area contributed by atoms with Crippen LogP contribution in [0.5, 0.6) is 0 Å². The molecule has 0 aliphatic rings. The Hall–Kier alpha value is -1.36. The molecule has 5 nitrogen and oxygen atoms in total. The maximum absolute atomic E-state index is 12.4. The van der Waals surface area contributed by atoms with Crippen LogP contribution in [0.2, 0.25) is 0 Å². The predicted molar refractivity (Wildman–Crippen MR) is 75.0 cm³/mol. The van der Waals surface area contributed by atoms with Crippen LogP contribution in [-0.2, 0) is 6.54 Å². The average molecular weight is 267 g/mol. The molecule has 1 aromatic heterocycles. The van der Waals surface area contributed by atoms with Crippen molar-refractivity contribution >= 4 is 5.91 Å². The van der Waals surface area contributed by atoms with Crippen molar-refractivity contribution < 1.29 is 9.90 Å². The number of hydrogen-bond donors (Lipinski definition) is 1. The normalized spacial score (nSPS) is 11.0. The van der Waals surface area contributed by atoms with Crippen LogP contribution in [0.3, 0.4) is 0 Å². The average Bonchev–Trinajstić information content (AvgIpc) is 2.89. The van der Waals surface area contributed by atoms with E-state index in [0.717, 1.165) is 19.4 Å². The topological polar surface area (TPSA) is 58.4 Å². The molecule has 1 heterocycles. The van der Waals surface area contributed by atoms with E-state index < -0.39 is 0 Å². The van der Waals surface area contributed by atoms with E-state index in [9.17, 15) is 4.79 Å². The van der Waals surface area contributed by atoms with Crippen LogP contribution in [0.25, 0.3) is 0 Å². The molecule has 0 fully saturated rings. The largest absolute Gasteiger partial charge is 0.394 e. The highest BCUT2D eigenvalue weighted by Gasteiger charge is 2.18. The molecule has 108 valence electrons. The first-order valence-corrected chi connectivity index (χ1v) is 7.08. The number of nitrogens with zero attached hydrogens (tertiary/aromatic N) is 3. The summed E-state index contributed by atoms with van der Waals surface area (Å²) in [5.74, 6) is 0.579. The van der Waals surface area contributed by atoms with Crippen molar-refractivity contribution in [2.75, 3.05) is 19.7 Å². The van der Waals surface area contributed by atoms with Crippen LogP contribution in [0, 0.1) is 5.92 Å². The molecule has 19 heavy (non-hydrogen) atoms. The van der Waals surface area contributed by atoms with Crippen LogP contribution in [0.4, 0.5) is 0 Å². The number of carbonyl (C=O) groups is 1. The third-order valence-electron chi connectivity index (χ3n) is 3.51. The highest BCUT2D eigenvalue weighted by atomic mass is 16.3. The van der Waals surface area contributed by atoms with Crippen molar-refractivity contribution in [1.82, 2.24) is 14.7 Å². The number of aromatic nitrogens is 2. The summed E-state index contributed by atoms with van der Waals surface area (Å²) in [6, 6.07) is 0. The second kappa shape index (κ2) is 7.94. The Labute approximate surface area is 115 Å². The SMILES string of the molecule is CCC(CC)CN(CC)C(=O)c1cnn(CCO)c1. The summed E-state index contributed by atoms with van der Waals surface area (Å²) < 4.78 is 1.60. The Morgan fingerprint density at radius 1 is 1.42 bits per heavy atom. The molecule has 0 aliphatic carbocycles. The van der Waals surface area contributed by atoms with Crippen LogP contribution < -0.4 is 0 Å². The molecule has 1 aromatic rings. The summed E-state index contributed by atoms with van der Waals surface area (Å²) in [4.78, 5) is 14.2. The first kappa shape index (κ1) is 15.7. The molecule has 1 amide bonds. The number of hydrogen-bond acceptors (Lipinski definition) is 3. The van der Waals surface area contributed by atoms with Gasteiger partial charge in [-0.3, -0.25) is 9.48 Å². The van der Waals surface area contributed by atoms with Gasteiger partial charge in [0, 0.05) is 19.3 Å². The summed E-state index contributed by atoms with van der Waals surface area (Å²) in [5.41, 5.74) is 0.598. The molecule has 0 bridgehead atoms. The smallest absolute Gasteiger partial charge is 0.257 e. The van der Waals surface area contributed by atoms with E-state index in [0.29, 0.717) is 24.6 Å². The van der Waals surface area contributed by atoms with Gasteiger partial charge in [0.2, 0.25) is 0 Å². The molecule has 1 N–H and O–H groups in total. The molecule has 0 saturated carbocycles. The lowest BCUT2D eigenvalue weighted by atomic mass is 10.0. The van der Waals surface area contributed by atoms with Crippen molar-refractivity contribution in [3.8, 4) is 0 Å². The minimum atomic E-state index is 0.0265. The van der Waals surface area contributed by atoms with Gasteiger partial charge in [0.05, 0.1) is 24.9 Å². The van der Waals surface area contributed by atoms with Gasteiger partial charge < -0.3 is 10.0 Å². The third-order valence-corrected chi connectivity index (χ3v) is 3.51. The molecular weight excluding hydrogens is 242 g/mol. The number of aliphatic hydroxyl groups excluding tert-OH is 1. The van der Waals surface area contributed by atoms with Gasteiger partial charge in [-0.25, -0.2) is 0 Å². The number of amides is 1. The fourth-order valence-corrected chi connectivity index (χ4v) is 2.10. The van der Waals surface area contributed by atoms with Crippen LogP contribution >= 0.6 is 0 Å². The molecule has 0 saturated heterocycles. The van der Waals surface area contributed by atoms with Crippen molar-refractivity contribution in [3.63, 3.8) is 0 Å². The summed E-state index contributed by atoms with van der Waals surface area (Å²) >= 11 is 0. The summed E-state index contributed by atoms with van der Waals surface area (Å²) in [7, 11) is 0. The predicted octanol–water partition coefficient (Wildman–Crippen LogP) is 1.77. The highest BCUT2D eigenvalue weighted by molar-refractivity contribution is 5.93. The molecule has 0 aromatic carbocycles. The van der Waals surface area contributed by atoms with E-state index in [2.05, 4.69) is 18.9 Å². The fourth-order valence-electron chi connectivity index (χ4n) is 2.10. The van der Waals surface area contributed by atoms with E-state index in [4.69, 9.17) is 5.11 Å². The van der Waals surface area contributed by atoms with Gasteiger partial charge in [-0.2, -0.15) is 5.10 Å². The van der Waals surface area contributed by atoms with Gasteiger partial charge in [0.15, 0.2) is 0 Å². The molecule has 0 aliphatic heterocycles. The maximum Gasteiger partial charge on any atom is 0.257 e. The lowest BCUT2D eigenvalue weighted by Gasteiger charge is -2.25. The fraction of sp³-hybridized carbons (Fsp3) is 0.714. The van der Waals surface area contributed by atoms with E-state index >= 15 is 0 Å². The van der Waals surface area contributed by atoms with Gasteiger partial charge in [0.25, 0.3) is 5.91 Å². The van der Waals surface area contributed by atoms with Gasteiger partial charge in [0.1, 0.15) is 0 Å². The van der Waals surface area contributed by atoms with Gasteiger partial charge in [-0.15, -0.1) is 0 Å². The molecule has 1 rings (SSSR count). The summed E-state index contributed by atoms with van der Waals surface area (Å²) in [5, 5.41) is 12.9. The molecule has 0 spiro atoms. The Kier molecular flexibility index (Phi) is 6.56. The number of aliphatic hydroxyl groups is 1. The number of rotatable bonds is 8. The minimum Gasteiger partial charge on any atom is -0.394 e. The maximum atomic E-state index is 12.4. The van der Waals surface area contributed by atoms with E-state index in [1.165, 1.54) is 0 Å². The molecule has 0 atom stereocenters. The monoisotopic (exact) mass is 267 g/mol. The zero-order valence-electron chi connectivity index (χ0n) is 12.2. The molecular formula is C14H25N3O2. The van der Waals surface area contributed by atoms with Gasteiger partial charge >= 0.3 is 0 Å². The second-order valence-corrected chi connectivity index (χ2v) is 4.74. The second-order valence-electron chi connectivity index (χ2n) is 4.74. The Balaban J connectivity index is 2.71. The van der Waals surface area contributed by atoms with Crippen molar-refractivity contribution in [2.24, 2.45) is 5.92 Å².